The van der Waals surface area contributed by atoms with E-state index in [1.165, 1.54) is 0 Å². The van der Waals surface area contributed by atoms with Gasteiger partial charge in [-0.15, -0.1) is 5.10 Å². The number of methoxy groups -OCH3 is 1. The molecule has 0 fully saturated rings. The van der Waals surface area contributed by atoms with Crippen LogP contribution < -0.4 is 4.74 Å². The standard InChI is InChI=1S/C11H18N2O4S/c1-5-16-9(14)8-12-13-10(18-8)17-7-6-11(2,3)15-4/h5-7H2,1-4H3. The Morgan fingerprint density at radius 2 is 2.11 bits per heavy atom. The van der Waals surface area contributed by atoms with Crippen molar-refractivity contribution in [2.45, 2.75) is 32.8 Å². The van der Waals surface area contributed by atoms with E-state index in [1.807, 2.05) is 13.8 Å². The molecule has 1 aromatic heterocycles. The molecule has 0 aliphatic carbocycles. The van der Waals surface area contributed by atoms with Gasteiger partial charge in [0, 0.05) is 13.5 Å². The molecule has 0 saturated carbocycles. The molecule has 0 saturated heterocycles. The lowest BCUT2D eigenvalue weighted by Gasteiger charge is -2.21. The predicted molar refractivity (Wildman–Crippen MR) is 67.1 cm³/mol. The first kappa shape index (κ1) is 14.8. The van der Waals surface area contributed by atoms with E-state index in [0.29, 0.717) is 18.4 Å². The number of aromatic nitrogens is 2. The number of carbonyl (C=O) groups is 1. The molecule has 6 nitrogen and oxygen atoms in total. The molecule has 0 aromatic carbocycles. The summed E-state index contributed by atoms with van der Waals surface area (Å²) in [6, 6.07) is 0. The Kier molecular flexibility index (Phi) is 5.49. The summed E-state index contributed by atoms with van der Waals surface area (Å²) >= 11 is 1.08. The first-order valence-electron chi connectivity index (χ1n) is 5.67. The number of esters is 1. The maximum Gasteiger partial charge on any atom is 0.369 e. The highest BCUT2D eigenvalue weighted by Gasteiger charge is 2.18. The zero-order valence-electron chi connectivity index (χ0n) is 11.1. The summed E-state index contributed by atoms with van der Waals surface area (Å²) in [6.07, 6.45) is 0.720. The Morgan fingerprint density at radius 1 is 1.39 bits per heavy atom. The molecule has 0 radical (unpaired) electrons. The lowest BCUT2D eigenvalue weighted by molar-refractivity contribution is 0.00538. The minimum Gasteiger partial charge on any atom is -0.469 e. The molecule has 0 aliphatic heterocycles. The van der Waals surface area contributed by atoms with Gasteiger partial charge in [-0.1, -0.05) is 5.10 Å². The first-order chi connectivity index (χ1) is 8.48. The van der Waals surface area contributed by atoms with Crippen molar-refractivity contribution in [1.82, 2.24) is 10.2 Å². The van der Waals surface area contributed by atoms with Crippen LogP contribution in [0.25, 0.3) is 0 Å². The van der Waals surface area contributed by atoms with Gasteiger partial charge < -0.3 is 14.2 Å². The number of hydrogen-bond donors (Lipinski definition) is 0. The zero-order chi connectivity index (χ0) is 13.6. The van der Waals surface area contributed by atoms with Crippen LogP contribution in [0.2, 0.25) is 0 Å². The van der Waals surface area contributed by atoms with Crippen LogP contribution in [0.15, 0.2) is 0 Å². The van der Waals surface area contributed by atoms with Gasteiger partial charge >= 0.3 is 5.97 Å². The summed E-state index contributed by atoms with van der Waals surface area (Å²) in [5, 5.41) is 8.05. The van der Waals surface area contributed by atoms with Gasteiger partial charge in [0.1, 0.15) is 0 Å². The number of rotatable bonds is 7. The largest absolute Gasteiger partial charge is 0.469 e. The predicted octanol–water partition coefficient (Wildman–Crippen LogP) is 1.91. The summed E-state index contributed by atoms with van der Waals surface area (Å²) in [6.45, 7) is 6.46. The van der Waals surface area contributed by atoms with E-state index in [0.717, 1.165) is 17.8 Å². The molecule has 0 spiro atoms. The SMILES string of the molecule is CCOC(=O)c1nnc(OCCC(C)(C)OC)s1. The summed E-state index contributed by atoms with van der Waals surface area (Å²) in [4.78, 5) is 11.3. The summed E-state index contributed by atoms with van der Waals surface area (Å²) in [7, 11) is 1.66. The highest BCUT2D eigenvalue weighted by molar-refractivity contribution is 7.14. The number of carbonyl (C=O) groups excluding carboxylic acids is 1. The highest BCUT2D eigenvalue weighted by atomic mass is 32.1. The zero-order valence-corrected chi connectivity index (χ0v) is 11.9. The van der Waals surface area contributed by atoms with E-state index in [2.05, 4.69) is 10.2 Å². The molecule has 0 unspecified atom stereocenters. The van der Waals surface area contributed by atoms with Gasteiger partial charge in [0.2, 0.25) is 5.01 Å². The number of hydrogen-bond acceptors (Lipinski definition) is 7. The lowest BCUT2D eigenvalue weighted by atomic mass is 10.1. The van der Waals surface area contributed by atoms with Gasteiger partial charge in [0.05, 0.1) is 18.8 Å². The van der Waals surface area contributed by atoms with E-state index < -0.39 is 5.97 Å². The van der Waals surface area contributed by atoms with Crippen molar-refractivity contribution in [3.63, 3.8) is 0 Å². The smallest absolute Gasteiger partial charge is 0.369 e. The molecule has 0 N–H and O–H groups in total. The van der Waals surface area contributed by atoms with Crippen molar-refractivity contribution in [3.05, 3.63) is 5.01 Å². The van der Waals surface area contributed by atoms with E-state index in [1.54, 1.807) is 14.0 Å². The fourth-order valence-corrected chi connectivity index (χ4v) is 1.64. The third-order valence-corrected chi connectivity index (χ3v) is 3.15. The molecule has 102 valence electrons. The second-order valence-corrected chi connectivity index (χ2v) is 5.10. The lowest BCUT2D eigenvalue weighted by Crippen LogP contribution is -2.25. The molecule has 18 heavy (non-hydrogen) atoms. The molecule has 0 aliphatic rings. The van der Waals surface area contributed by atoms with E-state index in [9.17, 15) is 4.79 Å². The average molecular weight is 274 g/mol. The van der Waals surface area contributed by atoms with Crippen LogP contribution in [-0.2, 0) is 9.47 Å². The van der Waals surface area contributed by atoms with E-state index in [-0.39, 0.29) is 10.6 Å². The van der Waals surface area contributed by atoms with Gasteiger partial charge in [0.15, 0.2) is 0 Å². The molecular weight excluding hydrogens is 256 g/mol. The van der Waals surface area contributed by atoms with Gasteiger partial charge in [-0.3, -0.25) is 0 Å². The molecule has 0 amide bonds. The molecule has 7 heteroatoms. The van der Waals surface area contributed by atoms with Crippen molar-refractivity contribution >= 4 is 17.3 Å². The Balaban J connectivity index is 2.42. The normalized spacial score (nSPS) is 11.3. The van der Waals surface area contributed by atoms with Crippen LogP contribution in [0, 0.1) is 0 Å². The average Bonchev–Trinajstić information content (AvgIpc) is 2.78. The third-order valence-electron chi connectivity index (χ3n) is 2.34. The quantitative estimate of drug-likeness (QED) is 0.707. The third kappa shape index (κ3) is 4.58. The van der Waals surface area contributed by atoms with Gasteiger partial charge in [0.25, 0.3) is 5.19 Å². The van der Waals surface area contributed by atoms with Gasteiger partial charge in [-0.05, 0) is 32.1 Å². The van der Waals surface area contributed by atoms with Crippen LogP contribution in [0.1, 0.15) is 37.0 Å². The van der Waals surface area contributed by atoms with Crippen LogP contribution >= 0.6 is 11.3 Å². The monoisotopic (exact) mass is 274 g/mol. The Bertz CT molecular complexity index is 392. The highest BCUT2D eigenvalue weighted by Crippen LogP contribution is 2.20. The van der Waals surface area contributed by atoms with Crippen molar-refractivity contribution < 1.29 is 19.0 Å². The summed E-state index contributed by atoms with van der Waals surface area (Å²) < 4.78 is 15.5. The fourth-order valence-electron chi connectivity index (χ4n) is 1.03. The maximum atomic E-state index is 11.3. The Morgan fingerprint density at radius 3 is 2.72 bits per heavy atom. The topological polar surface area (TPSA) is 70.5 Å². The van der Waals surface area contributed by atoms with Gasteiger partial charge in [-0.2, -0.15) is 0 Å². The summed E-state index contributed by atoms with van der Waals surface area (Å²) in [5.74, 6) is -0.470. The number of nitrogens with zero attached hydrogens (tertiary/aromatic N) is 2. The van der Waals surface area contributed by atoms with Crippen molar-refractivity contribution in [3.8, 4) is 5.19 Å². The van der Waals surface area contributed by atoms with E-state index >= 15 is 0 Å². The maximum absolute atomic E-state index is 11.3. The minimum absolute atomic E-state index is 0.206. The summed E-state index contributed by atoms with van der Waals surface area (Å²) in [5.41, 5.74) is -0.241. The molecule has 0 bridgehead atoms. The molecule has 1 heterocycles. The fraction of sp³-hybridized carbons (Fsp3) is 0.727. The second kappa shape index (κ2) is 6.65. The molecular formula is C11H18N2O4S. The Hall–Kier alpha value is -1.21. The van der Waals surface area contributed by atoms with Crippen LogP contribution in [0.4, 0.5) is 0 Å². The number of ether oxygens (including phenoxy) is 3. The van der Waals surface area contributed by atoms with Crippen LogP contribution in [-0.4, -0.2) is 42.1 Å². The van der Waals surface area contributed by atoms with E-state index in [4.69, 9.17) is 14.2 Å². The molecule has 0 atom stereocenters. The Labute approximate surface area is 110 Å². The van der Waals surface area contributed by atoms with Crippen molar-refractivity contribution in [2.24, 2.45) is 0 Å². The van der Waals surface area contributed by atoms with Crippen molar-refractivity contribution in [2.75, 3.05) is 20.3 Å². The minimum atomic E-state index is -0.470. The van der Waals surface area contributed by atoms with Crippen LogP contribution in [0.3, 0.4) is 0 Å². The van der Waals surface area contributed by atoms with Gasteiger partial charge in [-0.25, -0.2) is 4.79 Å². The first-order valence-corrected chi connectivity index (χ1v) is 6.48. The second-order valence-electron chi connectivity index (χ2n) is 4.16. The van der Waals surface area contributed by atoms with Crippen molar-refractivity contribution in [1.29, 1.82) is 0 Å². The van der Waals surface area contributed by atoms with Crippen LogP contribution in [0.5, 0.6) is 5.19 Å². The molecule has 1 rings (SSSR count). The molecule has 1 aromatic rings.